The average molecular weight is 289 g/mol. The van der Waals surface area contributed by atoms with E-state index in [1.54, 1.807) is 0 Å². The fourth-order valence-corrected chi connectivity index (χ4v) is 3.46. The zero-order valence-electron chi connectivity index (χ0n) is 12.5. The summed E-state index contributed by atoms with van der Waals surface area (Å²) >= 11 is 0. The summed E-state index contributed by atoms with van der Waals surface area (Å²) in [4.78, 5) is 11.5. The Labute approximate surface area is 125 Å². The Kier molecular flexibility index (Phi) is 4.38. The van der Waals surface area contributed by atoms with Crippen LogP contribution in [0.2, 0.25) is 0 Å². The van der Waals surface area contributed by atoms with Crippen LogP contribution in [0.1, 0.15) is 37.8 Å². The van der Waals surface area contributed by atoms with E-state index in [2.05, 4.69) is 24.4 Å². The van der Waals surface area contributed by atoms with Gasteiger partial charge in [-0.1, -0.05) is 30.3 Å². The standard InChI is InChI=1S/C17H23NO3/c1-13(14-5-3-2-4-6-14)18-16-7-8-17(11-15(16)12-19)20-9-10-21-17/h2-6,12-13,15-16,18H,7-11H2,1H3/t13-,15-,16-/m1/s1. The van der Waals surface area contributed by atoms with Crippen molar-refractivity contribution in [3.8, 4) is 0 Å². The highest BCUT2D eigenvalue weighted by atomic mass is 16.7. The predicted octanol–water partition coefficient (Wildman–Crippen LogP) is 2.45. The normalized spacial score (nSPS) is 29.4. The fourth-order valence-electron chi connectivity index (χ4n) is 3.46. The van der Waals surface area contributed by atoms with Crippen molar-refractivity contribution in [3.63, 3.8) is 0 Å². The number of rotatable bonds is 4. The summed E-state index contributed by atoms with van der Waals surface area (Å²) < 4.78 is 11.5. The SMILES string of the molecule is C[C@@H](N[C@@H]1CCC2(C[C@@H]1C=O)OCCO2)c1ccccc1. The summed E-state index contributed by atoms with van der Waals surface area (Å²) in [5, 5.41) is 3.60. The highest BCUT2D eigenvalue weighted by Crippen LogP contribution is 2.38. The Balaban J connectivity index is 1.64. The molecule has 3 rings (SSSR count). The van der Waals surface area contributed by atoms with E-state index >= 15 is 0 Å². The molecule has 1 aromatic rings. The molecule has 0 unspecified atom stereocenters. The second kappa shape index (κ2) is 6.26. The minimum absolute atomic E-state index is 0.0528. The van der Waals surface area contributed by atoms with Crippen molar-refractivity contribution in [2.45, 2.75) is 44.1 Å². The van der Waals surface area contributed by atoms with Crippen LogP contribution < -0.4 is 5.32 Å². The molecule has 1 N–H and O–H groups in total. The molecule has 3 atom stereocenters. The molecule has 1 aliphatic heterocycles. The zero-order valence-corrected chi connectivity index (χ0v) is 12.5. The maximum atomic E-state index is 11.5. The van der Waals surface area contributed by atoms with E-state index in [1.807, 2.05) is 18.2 Å². The van der Waals surface area contributed by atoms with Crippen LogP contribution in [0, 0.1) is 5.92 Å². The molecule has 1 spiro atoms. The number of hydrogen-bond acceptors (Lipinski definition) is 4. The zero-order chi connectivity index (χ0) is 14.7. The molecule has 0 radical (unpaired) electrons. The lowest BCUT2D eigenvalue weighted by Crippen LogP contribution is -2.49. The Morgan fingerprint density at radius 2 is 2.00 bits per heavy atom. The van der Waals surface area contributed by atoms with Gasteiger partial charge in [-0.05, 0) is 18.9 Å². The van der Waals surface area contributed by atoms with Crippen LogP contribution in [0.4, 0.5) is 0 Å². The smallest absolute Gasteiger partial charge is 0.169 e. The molecule has 114 valence electrons. The maximum absolute atomic E-state index is 11.5. The monoisotopic (exact) mass is 289 g/mol. The van der Waals surface area contributed by atoms with Gasteiger partial charge in [0.05, 0.1) is 13.2 Å². The van der Waals surface area contributed by atoms with Crippen molar-refractivity contribution < 1.29 is 14.3 Å². The van der Waals surface area contributed by atoms with Crippen molar-refractivity contribution in [2.75, 3.05) is 13.2 Å². The van der Waals surface area contributed by atoms with Gasteiger partial charge in [-0.15, -0.1) is 0 Å². The van der Waals surface area contributed by atoms with Gasteiger partial charge in [0, 0.05) is 30.8 Å². The molecular weight excluding hydrogens is 266 g/mol. The van der Waals surface area contributed by atoms with Gasteiger partial charge in [-0.3, -0.25) is 0 Å². The molecule has 0 aromatic heterocycles. The number of benzene rings is 1. The molecule has 4 heteroatoms. The Morgan fingerprint density at radius 3 is 2.67 bits per heavy atom. The molecule has 2 aliphatic rings. The second-order valence-corrected chi connectivity index (χ2v) is 6.06. The first-order valence-corrected chi connectivity index (χ1v) is 7.77. The van der Waals surface area contributed by atoms with Crippen molar-refractivity contribution >= 4 is 6.29 Å². The lowest BCUT2D eigenvalue weighted by Gasteiger charge is -2.40. The molecule has 2 fully saturated rings. The molecule has 1 heterocycles. The second-order valence-electron chi connectivity index (χ2n) is 6.06. The lowest BCUT2D eigenvalue weighted by atomic mass is 9.81. The average Bonchev–Trinajstić information content (AvgIpc) is 2.98. The number of carbonyl (C=O) groups is 1. The van der Waals surface area contributed by atoms with Crippen LogP contribution in [-0.2, 0) is 14.3 Å². The third-order valence-electron chi connectivity index (χ3n) is 4.65. The highest BCUT2D eigenvalue weighted by Gasteiger charge is 2.45. The van der Waals surface area contributed by atoms with E-state index in [0.29, 0.717) is 19.6 Å². The molecule has 1 aromatic carbocycles. The van der Waals surface area contributed by atoms with Gasteiger partial charge in [0.1, 0.15) is 6.29 Å². The van der Waals surface area contributed by atoms with Crippen LogP contribution >= 0.6 is 0 Å². The van der Waals surface area contributed by atoms with Gasteiger partial charge >= 0.3 is 0 Å². The molecule has 21 heavy (non-hydrogen) atoms. The Morgan fingerprint density at radius 1 is 1.29 bits per heavy atom. The first kappa shape index (κ1) is 14.7. The van der Waals surface area contributed by atoms with E-state index in [9.17, 15) is 4.79 Å². The number of hydrogen-bond donors (Lipinski definition) is 1. The largest absolute Gasteiger partial charge is 0.348 e. The highest BCUT2D eigenvalue weighted by molar-refractivity contribution is 5.55. The Hall–Kier alpha value is -1.23. The number of ether oxygens (including phenoxy) is 2. The van der Waals surface area contributed by atoms with Crippen LogP contribution in [0.15, 0.2) is 30.3 Å². The Bertz CT molecular complexity index is 470. The number of carbonyl (C=O) groups excluding carboxylic acids is 1. The maximum Gasteiger partial charge on any atom is 0.169 e. The minimum atomic E-state index is -0.500. The molecule has 1 aliphatic carbocycles. The van der Waals surface area contributed by atoms with Gasteiger partial charge in [0.15, 0.2) is 5.79 Å². The van der Waals surface area contributed by atoms with E-state index in [0.717, 1.165) is 19.1 Å². The minimum Gasteiger partial charge on any atom is -0.348 e. The van der Waals surface area contributed by atoms with Gasteiger partial charge in [0.2, 0.25) is 0 Å². The molecule has 1 saturated carbocycles. The third-order valence-corrected chi connectivity index (χ3v) is 4.65. The summed E-state index contributed by atoms with van der Waals surface area (Å²) in [5.74, 6) is -0.553. The van der Waals surface area contributed by atoms with Crippen molar-refractivity contribution in [1.82, 2.24) is 5.32 Å². The number of aldehydes is 1. The molecule has 0 amide bonds. The van der Waals surface area contributed by atoms with E-state index in [-0.39, 0.29) is 18.0 Å². The summed E-state index contributed by atoms with van der Waals surface area (Å²) in [5.41, 5.74) is 1.25. The van der Waals surface area contributed by atoms with Crippen molar-refractivity contribution in [2.24, 2.45) is 5.92 Å². The lowest BCUT2D eigenvalue weighted by molar-refractivity contribution is -0.190. The molecule has 1 saturated heterocycles. The first-order valence-electron chi connectivity index (χ1n) is 7.77. The molecule has 0 bridgehead atoms. The van der Waals surface area contributed by atoms with E-state index in [4.69, 9.17) is 9.47 Å². The number of nitrogens with one attached hydrogen (secondary N) is 1. The third kappa shape index (κ3) is 3.18. The predicted molar refractivity (Wildman–Crippen MR) is 79.8 cm³/mol. The summed E-state index contributed by atoms with van der Waals surface area (Å²) in [6, 6.07) is 10.8. The van der Waals surface area contributed by atoms with Crippen LogP contribution in [0.3, 0.4) is 0 Å². The molecular formula is C17H23NO3. The van der Waals surface area contributed by atoms with Crippen molar-refractivity contribution in [1.29, 1.82) is 0 Å². The summed E-state index contributed by atoms with van der Waals surface area (Å²) in [6.45, 7) is 3.43. The fraction of sp³-hybridized carbons (Fsp3) is 0.588. The quantitative estimate of drug-likeness (QED) is 0.865. The van der Waals surface area contributed by atoms with E-state index in [1.165, 1.54) is 5.56 Å². The first-order chi connectivity index (χ1) is 10.2. The van der Waals surface area contributed by atoms with Crippen LogP contribution in [-0.4, -0.2) is 31.3 Å². The topological polar surface area (TPSA) is 47.6 Å². The van der Waals surface area contributed by atoms with Crippen molar-refractivity contribution in [3.05, 3.63) is 35.9 Å². The van der Waals surface area contributed by atoms with Crippen LogP contribution in [0.5, 0.6) is 0 Å². The van der Waals surface area contributed by atoms with Crippen LogP contribution in [0.25, 0.3) is 0 Å². The van der Waals surface area contributed by atoms with Gasteiger partial charge in [-0.25, -0.2) is 0 Å². The van der Waals surface area contributed by atoms with Gasteiger partial charge < -0.3 is 19.6 Å². The van der Waals surface area contributed by atoms with Gasteiger partial charge in [0.25, 0.3) is 0 Å². The molecule has 4 nitrogen and oxygen atoms in total. The van der Waals surface area contributed by atoms with E-state index < -0.39 is 5.79 Å². The van der Waals surface area contributed by atoms with Gasteiger partial charge in [-0.2, -0.15) is 0 Å². The summed E-state index contributed by atoms with van der Waals surface area (Å²) in [6.07, 6.45) is 3.48. The summed E-state index contributed by atoms with van der Waals surface area (Å²) in [7, 11) is 0.